The van der Waals surface area contributed by atoms with Crippen molar-refractivity contribution in [2.75, 3.05) is 0 Å². The van der Waals surface area contributed by atoms with Gasteiger partial charge in [-0.15, -0.1) is 0 Å². The Balaban J connectivity index is 3.80. The van der Waals surface area contributed by atoms with E-state index in [2.05, 4.69) is 12.2 Å². The molecule has 0 bridgehead atoms. The van der Waals surface area contributed by atoms with Crippen LogP contribution in [0.1, 0.15) is 46.5 Å². The number of hydrogen-bond acceptors (Lipinski definition) is 2. The van der Waals surface area contributed by atoms with Gasteiger partial charge in [0.25, 0.3) is 0 Å². The number of nitrogens with two attached hydrogens (primary N) is 1. The first-order valence-corrected chi connectivity index (χ1v) is 5.99. The molecule has 0 rings (SSSR count). The number of carbonyl (C=O) groups is 1. The van der Waals surface area contributed by atoms with Gasteiger partial charge in [-0.2, -0.15) is 0 Å². The average Bonchev–Trinajstić information content (AvgIpc) is 2.16. The molecular formula is C11H22N2OS. The molecule has 0 aliphatic rings. The van der Waals surface area contributed by atoms with Gasteiger partial charge in [-0.1, -0.05) is 38.4 Å². The summed E-state index contributed by atoms with van der Waals surface area (Å²) in [7, 11) is 0. The summed E-state index contributed by atoms with van der Waals surface area (Å²) in [6.45, 7) is 5.91. The van der Waals surface area contributed by atoms with E-state index in [-0.39, 0.29) is 22.9 Å². The highest BCUT2D eigenvalue weighted by molar-refractivity contribution is 7.80. The van der Waals surface area contributed by atoms with Crippen molar-refractivity contribution in [2.45, 2.75) is 52.5 Å². The van der Waals surface area contributed by atoms with Crippen molar-refractivity contribution >= 4 is 23.1 Å². The summed E-state index contributed by atoms with van der Waals surface area (Å²) in [5.41, 5.74) is 5.40. The van der Waals surface area contributed by atoms with Crippen molar-refractivity contribution in [1.29, 1.82) is 0 Å². The molecule has 3 nitrogen and oxygen atoms in total. The normalized spacial score (nSPS) is 14.3. The smallest absolute Gasteiger partial charge is 0.229 e. The predicted octanol–water partition coefficient (Wildman–Crippen LogP) is 1.99. The Labute approximate surface area is 97.8 Å². The third-order valence-electron chi connectivity index (χ3n) is 2.45. The zero-order valence-electron chi connectivity index (χ0n) is 9.88. The van der Waals surface area contributed by atoms with Crippen molar-refractivity contribution in [2.24, 2.45) is 11.7 Å². The maximum absolute atomic E-state index is 11.5. The summed E-state index contributed by atoms with van der Waals surface area (Å²) < 4.78 is 0. The third-order valence-corrected chi connectivity index (χ3v) is 2.80. The first kappa shape index (κ1) is 14.4. The van der Waals surface area contributed by atoms with Gasteiger partial charge >= 0.3 is 0 Å². The summed E-state index contributed by atoms with van der Waals surface area (Å²) in [6.07, 6.45) is 4.58. The van der Waals surface area contributed by atoms with Gasteiger partial charge in [0.1, 0.15) is 0 Å². The van der Waals surface area contributed by atoms with Gasteiger partial charge in [-0.05, 0) is 20.3 Å². The SMILES string of the molecule is CCCCCC(C)NC(=O)C(C)C(N)=S. The lowest BCUT2D eigenvalue weighted by atomic mass is 10.1. The van der Waals surface area contributed by atoms with Crippen molar-refractivity contribution in [1.82, 2.24) is 5.32 Å². The standard InChI is InChI=1S/C11H22N2OS/c1-4-5-6-7-8(2)13-11(14)9(3)10(12)15/h8-9H,4-7H2,1-3H3,(H2,12,15)(H,13,14). The maximum Gasteiger partial charge on any atom is 0.229 e. The minimum atomic E-state index is -0.367. The topological polar surface area (TPSA) is 55.1 Å². The second-order valence-electron chi connectivity index (χ2n) is 4.03. The summed E-state index contributed by atoms with van der Waals surface area (Å²) >= 11 is 4.77. The summed E-state index contributed by atoms with van der Waals surface area (Å²) in [5, 5.41) is 2.91. The van der Waals surface area contributed by atoms with Crippen LogP contribution in [0.2, 0.25) is 0 Å². The zero-order valence-corrected chi connectivity index (χ0v) is 10.7. The Morgan fingerprint density at radius 3 is 2.47 bits per heavy atom. The molecule has 0 aromatic carbocycles. The lowest BCUT2D eigenvalue weighted by molar-refractivity contribution is -0.123. The van der Waals surface area contributed by atoms with Crippen LogP contribution in [0.15, 0.2) is 0 Å². The lowest BCUT2D eigenvalue weighted by Gasteiger charge is -2.16. The van der Waals surface area contributed by atoms with Gasteiger partial charge < -0.3 is 11.1 Å². The van der Waals surface area contributed by atoms with Gasteiger partial charge in [0, 0.05) is 6.04 Å². The molecule has 0 aliphatic carbocycles. The molecule has 3 N–H and O–H groups in total. The van der Waals surface area contributed by atoms with Crippen LogP contribution in [0.3, 0.4) is 0 Å². The number of amides is 1. The van der Waals surface area contributed by atoms with Crippen molar-refractivity contribution in [3.63, 3.8) is 0 Å². The van der Waals surface area contributed by atoms with E-state index >= 15 is 0 Å². The van der Waals surface area contributed by atoms with E-state index in [9.17, 15) is 4.79 Å². The number of hydrogen-bond donors (Lipinski definition) is 2. The van der Waals surface area contributed by atoms with E-state index in [0.29, 0.717) is 0 Å². The molecule has 1 amide bonds. The fraction of sp³-hybridized carbons (Fsp3) is 0.818. The fourth-order valence-electron chi connectivity index (χ4n) is 1.27. The monoisotopic (exact) mass is 230 g/mol. The Kier molecular flexibility index (Phi) is 7.30. The summed E-state index contributed by atoms with van der Waals surface area (Å²) in [5.74, 6) is -0.430. The van der Waals surface area contributed by atoms with Gasteiger partial charge in [0.05, 0.1) is 10.9 Å². The largest absolute Gasteiger partial charge is 0.393 e. The second-order valence-corrected chi connectivity index (χ2v) is 4.50. The third kappa shape index (κ3) is 6.44. The number of thiocarbonyl (C=S) groups is 1. The van der Waals surface area contributed by atoms with Crippen LogP contribution in [-0.4, -0.2) is 16.9 Å². The van der Waals surface area contributed by atoms with Crippen LogP contribution in [0.25, 0.3) is 0 Å². The molecule has 0 spiro atoms. The molecule has 2 unspecified atom stereocenters. The highest BCUT2D eigenvalue weighted by Crippen LogP contribution is 2.04. The minimum absolute atomic E-state index is 0.0634. The van der Waals surface area contributed by atoms with Gasteiger partial charge in [0.2, 0.25) is 5.91 Å². The number of nitrogens with one attached hydrogen (secondary N) is 1. The number of unbranched alkanes of at least 4 members (excludes halogenated alkanes) is 2. The summed E-state index contributed by atoms with van der Waals surface area (Å²) in [4.78, 5) is 11.8. The molecule has 0 saturated heterocycles. The van der Waals surface area contributed by atoms with E-state index in [1.54, 1.807) is 6.92 Å². The quantitative estimate of drug-likeness (QED) is 0.519. The van der Waals surface area contributed by atoms with Crippen LogP contribution in [0, 0.1) is 5.92 Å². The van der Waals surface area contributed by atoms with E-state index in [4.69, 9.17) is 18.0 Å². The van der Waals surface area contributed by atoms with E-state index < -0.39 is 0 Å². The molecule has 0 fully saturated rings. The Morgan fingerprint density at radius 2 is 2.00 bits per heavy atom. The lowest BCUT2D eigenvalue weighted by Crippen LogP contribution is -2.40. The van der Waals surface area contributed by atoms with Gasteiger partial charge in [-0.25, -0.2) is 0 Å². The Bertz CT molecular complexity index is 219. The van der Waals surface area contributed by atoms with E-state index in [0.717, 1.165) is 12.8 Å². The molecule has 4 heteroatoms. The Hall–Kier alpha value is -0.640. The molecule has 88 valence electrons. The highest BCUT2D eigenvalue weighted by Gasteiger charge is 2.16. The molecule has 0 aromatic heterocycles. The molecule has 0 aliphatic heterocycles. The molecule has 0 saturated carbocycles. The highest BCUT2D eigenvalue weighted by atomic mass is 32.1. The molecule has 15 heavy (non-hydrogen) atoms. The molecule has 0 aromatic rings. The van der Waals surface area contributed by atoms with Crippen LogP contribution in [0.4, 0.5) is 0 Å². The van der Waals surface area contributed by atoms with Crippen LogP contribution in [0.5, 0.6) is 0 Å². The average molecular weight is 230 g/mol. The predicted molar refractivity (Wildman–Crippen MR) is 67.7 cm³/mol. The van der Waals surface area contributed by atoms with Crippen molar-refractivity contribution < 1.29 is 4.79 Å². The molecule has 0 heterocycles. The van der Waals surface area contributed by atoms with E-state index in [1.165, 1.54) is 12.8 Å². The number of carbonyl (C=O) groups excluding carboxylic acids is 1. The maximum atomic E-state index is 11.5. The second kappa shape index (κ2) is 7.63. The molecule has 2 atom stereocenters. The Morgan fingerprint density at radius 1 is 1.40 bits per heavy atom. The van der Waals surface area contributed by atoms with Crippen molar-refractivity contribution in [3.05, 3.63) is 0 Å². The van der Waals surface area contributed by atoms with Gasteiger partial charge in [-0.3, -0.25) is 4.79 Å². The van der Waals surface area contributed by atoms with Crippen molar-refractivity contribution in [3.8, 4) is 0 Å². The van der Waals surface area contributed by atoms with E-state index in [1.807, 2.05) is 6.92 Å². The van der Waals surface area contributed by atoms with Crippen LogP contribution in [-0.2, 0) is 4.79 Å². The number of rotatable bonds is 7. The summed E-state index contributed by atoms with van der Waals surface area (Å²) in [6, 6.07) is 0.209. The molecular weight excluding hydrogens is 208 g/mol. The first-order valence-electron chi connectivity index (χ1n) is 5.58. The first-order chi connectivity index (χ1) is 6.99. The van der Waals surface area contributed by atoms with Crippen LogP contribution >= 0.6 is 12.2 Å². The van der Waals surface area contributed by atoms with Gasteiger partial charge in [0.15, 0.2) is 0 Å². The fourth-order valence-corrected chi connectivity index (χ4v) is 1.38. The zero-order chi connectivity index (χ0) is 11.8. The van der Waals surface area contributed by atoms with Crippen LogP contribution < -0.4 is 11.1 Å². The molecule has 0 radical (unpaired) electrons. The minimum Gasteiger partial charge on any atom is -0.393 e.